The number of rotatable bonds is 5. The first-order valence-electron chi connectivity index (χ1n) is 8.05. The van der Waals surface area contributed by atoms with E-state index in [9.17, 15) is 20.0 Å². The van der Waals surface area contributed by atoms with E-state index in [0.717, 1.165) is 6.07 Å². The first-order chi connectivity index (χ1) is 13.8. The second-order valence-corrected chi connectivity index (χ2v) is 6.28. The number of hydrogen-bond donors (Lipinski definition) is 4. The Kier molecular flexibility index (Phi) is 5.52. The zero-order valence-electron chi connectivity index (χ0n) is 14.6. The highest BCUT2D eigenvalue weighted by Crippen LogP contribution is 2.23. The topological polar surface area (TPSA) is 186 Å². The third-order valence-electron chi connectivity index (χ3n) is 3.83. The van der Waals surface area contributed by atoms with Crippen LogP contribution in [0, 0.1) is 10.1 Å². The number of hydrogen-bond acceptors (Lipinski definition) is 7. The number of aliphatic hydroxyl groups is 1. The maximum atomic E-state index is 12.6. The zero-order valence-corrected chi connectivity index (χ0v) is 15.4. The van der Waals surface area contributed by atoms with Gasteiger partial charge < -0.3 is 21.6 Å². The molecular weight excluding hydrogens is 402 g/mol. The van der Waals surface area contributed by atoms with Crippen molar-refractivity contribution in [2.75, 3.05) is 0 Å². The molecule has 0 aliphatic rings. The van der Waals surface area contributed by atoms with Crippen LogP contribution in [0.4, 0.5) is 5.69 Å². The van der Waals surface area contributed by atoms with Crippen LogP contribution in [0.25, 0.3) is 11.0 Å². The van der Waals surface area contributed by atoms with E-state index in [2.05, 4.69) is 20.2 Å². The van der Waals surface area contributed by atoms with Gasteiger partial charge in [-0.3, -0.25) is 14.9 Å². The van der Waals surface area contributed by atoms with E-state index < -0.39 is 22.5 Å². The lowest BCUT2D eigenvalue weighted by Gasteiger charge is -2.13. The SMILES string of the molecule is NC(N)=N/N=C(\c1nc2ccc(Cl)cc2[nH]c1=O)C(O)c1cccc([N+](=O)[O-])c1. The number of nitro groups is 1. The molecule has 0 aliphatic carbocycles. The molecule has 2 aromatic carbocycles. The van der Waals surface area contributed by atoms with Gasteiger partial charge in [0.1, 0.15) is 11.8 Å². The molecule has 3 aromatic rings. The van der Waals surface area contributed by atoms with Crippen molar-refractivity contribution >= 4 is 40.0 Å². The highest BCUT2D eigenvalue weighted by Gasteiger charge is 2.24. The molecule has 0 amide bonds. The lowest BCUT2D eigenvalue weighted by atomic mass is 10.0. The number of aliphatic hydroxyl groups excluding tert-OH is 1. The molecule has 11 nitrogen and oxygen atoms in total. The van der Waals surface area contributed by atoms with Crippen LogP contribution < -0.4 is 17.0 Å². The molecule has 0 saturated carbocycles. The number of nitrogens with two attached hydrogens (primary N) is 2. The van der Waals surface area contributed by atoms with Gasteiger partial charge in [-0.1, -0.05) is 23.7 Å². The van der Waals surface area contributed by atoms with Gasteiger partial charge in [0, 0.05) is 17.2 Å². The zero-order chi connectivity index (χ0) is 21.1. The minimum Gasteiger partial charge on any atom is -0.382 e. The number of aromatic nitrogens is 2. The summed E-state index contributed by atoms with van der Waals surface area (Å²) in [5.74, 6) is -0.419. The Labute approximate surface area is 167 Å². The fourth-order valence-corrected chi connectivity index (χ4v) is 2.71. The maximum absolute atomic E-state index is 12.6. The van der Waals surface area contributed by atoms with Crippen molar-refractivity contribution in [2.24, 2.45) is 21.7 Å². The summed E-state index contributed by atoms with van der Waals surface area (Å²) < 4.78 is 0. The third kappa shape index (κ3) is 4.36. The van der Waals surface area contributed by atoms with E-state index >= 15 is 0 Å². The quantitative estimate of drug-likeness (QED) is 0.208. The van der Waals surface area contributed by atoms with Crippen LogP contribution in [0.1, 0.15) is 17.4 Å². The van der Waals surface area contributed by atoms with E-state index in [1.54, 1.807) is 12.1 Å². The van der Waals surface area contributed by atoms with Crippen molar-refractivity contribution in [3.8, 4) is 0 Å². The number of nitro benzene ring substituents is 1. The number of nitrogens with one attached hydrogen (secondary N) is 1. The van der Waals surface area contributed by atoms with Gasteiger partial charge in [-0.25, -0.2) is 4.98 Å². The monoisotopic (exact) mass is 415 g/mol. The number of halogens is 1. The average Bonchev–Trinajstić information content (AvgIpc) is 2.68. The van der Waals surface area contributed by atoms with Gasteiger partial charge >= 0.3 is 0 Å². The molecule has 1 atom stereocenters. The Morgan fingerprint density at radius 1 is 1.24 bits per heavy atom. The van der Waals surface area contributed by atoms with Crippen molar-refractivity contribution in [3.63, 3.8) is 0 Å². The van der Waals surface area contributed by atoms with E-state index in [1.165, 1.54) is 24.3 Å². The van der Waals surface area contributed by atoms with Gasteiger partial charge in [-0.05, 0) is 23.8 Å². The molecule has 1 unspecified atom stereocenters. The summed E-state index contributed by atoms with van der Waals surface area (Å²) in [7, 11) is 0. The minimum absolute atomic E-state index is 0.0983. The minimum atomic E-state index is -1.57. The molecule has 0 spiro atoms. The summed E-state index contributed by atoms with van der Waals surface area (Å²) in [6.07, 6.45) is -1.57. The largest absolute Gasteiger partial charge is 0.382 e. The summed E-state index contributed by atoms with van der Waals surface area (Å²) in [4.78, 5) is 29.8. The van der Waals surface area contributed by atoms with Crippen LogP contribution in [0.3, 0.4) is 0 Å². The first-order valence-corrected chi connectivity index (χ1v) is 8.43. The first kappa shape index (κ1) is 19.9. The van der Waals surface area contributed by atoms with E-state index in [4.69, 9.17) is 23.1 Å². The Bertz CT molecular complexity index is 1220. The van der Waals surface area contributed by atoms with E-state index in [1.807, 2.05) is 0 Å². The number of guanidine groups is 1. The van der Waals surface area contributed by atoms with Crippen molar-refractivity contribution in [3.05, 3.63) is 79.2 Å². The number of benzene rings is 2. The summed E-state index contributed by atoms with van der Waals surface area (Å²) in [5.41, 5.74) is 9.94. The molecule has 6 N–H and O–H groups in total. The van der Waals surface area contributed by atoms with Gasteiger partial charge in [-0.15, -0.1) is 10.2 Å². The number of aromatic amines is 1. The number of H-pyrrole nitrogens is 1. The molecular formula is C17H14ClN7O4. The van der Waals surface area contributed by atoms with Gasteiger partial charge in [-0.2, -0.15) is 0 Å². The third-order valence-corrected chi connectivity index (χ3v) is 4.06. The predicted molar refractivity (Wildman–Crippen MR) is 108 cm³/mol. The summed E-state index contributed by atoms with van der Waals surface area (Å²) in [5, 5.41) is 29.4. The highest BCUT2D eigenvalue weighted by atomic mass is 35.5. The van der Waals surface area contributed by atoms with Crippen LogP contribution in [-0.4, -0.2) is 31.7 Å². The molecule has 1 aromatic heterocycles. The molecule has 0 bridgehead atoms. The summed E-state index contributed by atoms with van der Waals surface area (Å²) in [6.45, 7) is 0. The molecule has 0 aliphatic heterocycles. The standard InChI is InChI=1S/C17H14ClN7O4/c18-9-4-5-11-12(7-9)22-16(27)14(21-11)13(23-24-17(19)20)15(26)8-2-1-3-10(6-8)25(28)29/h1-7,15,26H,(H,22,27)(H4,19,20,24)/b23-13+. The molecule has 0 radical (unpaired) electrons. The molecule has 1 heterocycles. The lowest BCUT2D eigenvalue weighted by Crippen LogP contribution is -2.27. The number of nitrogens with zero attached hydrogens (tertiary/aromatic N) is 4. The highest BCUT2D eigenvalue weighted by molar-refractivity contribution is 6.31. The lowest BCUT2D eigenvalue weighted by molar-refractivity contribution is -0.385. The molecule has 0 fully saturated rings. The number of fused-ring (bicyclic) bond motifs is 1. The molecule has 148 valence electrons. The van der Waals surface area contributed by atoms with Crippen molar-refractivity contribution < 1.29 is 10.0 Å². The Hall–Kier alpha value is -3.83. The summed E-state index contributed by atoms with van der Waals surface area (Å²) >= 11 is 5.91. The van der Waals surface area contributed by atoms with Gasteiger partial charge in [0.15, 0.2) is 5.69 Å². The van der Waals surface area contributed by atoms with Gasteiger partial charge in [0.2, 0.25) is 5.96 Å². The second kappa shape index (κ2) is 8.04. The molecule has 12 heteroatoms. The van der Waals surface area contributed by atoms with Crippen LogP contribution in [0.2, 0.25) is 5.02 Å². The maximum Gasteiger partial charge on any atom is 0.276 e. The Morgan fingerprint density at radius 3 is 2.69 bits per heavy atom. The van der Waals surface area contributed by atoms with Gasteiger partial charge in [0.05, 0.1) is 16.0 Å². The van der Waals surface area contributed by atoms with Crippen LogP contribution in [0.15, 0.2) is 57.5 Å². The smallest absolute Gasteiger partial charge is 0.276 e. The predicted octanol–water partition coefficient (Wildman–Crippen LogP) is 1.20. The van der Waals surface area contributed by atoms with Crippen molar-refractivity contribution in [1.29, 1.82) is 0 Å². The molecule has 0 saturated heterocycles. The second-order valence-electron chi connectivity index (χ2n) is 5.84. The van der Waals surface area contributed by atoms with Crippen LogP contribution in [-0.2, 0) is 0 Å². The van der Waals surface area contributed by atoms with Crippen molar-refractivity contribution in [2.45, 2.75) is 6.10 Å². The average molecular weight is 416 g/mol. The molecule has 3 rings (SSSR count). The van der Waals surface area contributed by atoms with Crippen LogP contribution >= 0.6 is 11.6 Å². The molecule has 29 heavy (non-hydrogen) atoms. The van der Waals surface area contributed by atoms with E-state index in [0.29, 0.717) is 16.1 Å². The Balaban J connectivity index is 2.18. The van der Waals surface area contributed by atoms with Crippen LogP contribution in [0.5, 0.6) is 0 Å². The van der Waals surface area contributed by atoms with Gasteiger partial charge in [0.25, 0.3) is 11.2 Å². The number of non-ortho nitro benzene ring substituents is 1. The summed E-state index contributed by atoms with van der Waals surface area (Å²) in [6, 6.07) is 9.86. The van der Waals surface area contributed by atoms with E-state index in [-0.39, 0.29) is 22.7 Å². The fourth-order valence-electron chi connectivity index (χ4n) is 2.54. The fraction of sp³-hybridized carbons (Fsp3) is 0.0588. The van der Waals surface area contributed by atoms with Crippen molar-refractivity contribution in [1.82, 2.24) is 9.97 Å². The Morgan fingerprint density at radius 2 is 2.00 bits per heavy atom. The normalized spacial score (nSPS) is 12.6.